The topological polar surface area (TPSA) is 130 Å². The van der Waals surface area contributed by atoms with E-state index in [1.165, 1.54) is 12.3 Å². The Morgan fingerprint density at radius 3 is 2.47 bits per heavy atom. The zero-order chi connectivity index (χ0) is 26.0. The molecule has 7 N–H and O–H groups in total. The van der Waals surface area contributed by atoms with Crippen molar-refractivity contribution in [3.8, 4) is 0 Å². The van der Waals surface area contributed by atoms with E-state index < -0.39 is 23.7 Å². The summed E-state index contributed by atoms with van der Waals surface area (Å²) in [6.07, 6.45) is -1.22. The second-order valence-electron chi connectivity index (χ2n) is 8.33. The number of rotatable bonds is 9. The number of hydrogen-bond acceptors (Lipinski definition) is 6. The summed E-state index contributed by atoms with van der Waals surface area (Å²) in [6, 6.07) is 10.7. The molecule has 0 saturated carbocycles. The standard InChI is InChI=1S/C24H29F3N6O3/c25-24(26,27)18-10-19(31-21(34)9-16-5-2-1-3-6-16)12-20(11-18)32-23(35)33-22(36-28)15-30-14-17-7-4-8-29-13-17/h1-3,5-6,10-12,15,17,29-30H,4,7-9,13-14,28H2,(H,31,34)(H2,32,33,35)/b22-15-. The normalized spacial score (nSPS) is 16.1. The Kier molecular flexibility index (Phi) is 9.53. The molecular formula is C24H29F3N6O3. The fraction of sp³-hybridized carbons (Fsp3) is 0.333. The predicted molar refractivity (Wildman–Crippen MR) is 129 cm³/mol. The minimum Gasteiger partial charge on any atom is -0.391 e. The smallest absolute Gasteiger partial charge is 0.391 e. The van der Waals surface area contributed by atoms with Crippen LogP contribution in [-0.2, 0) is 22.2 Å². The number of carbonyl (C=O) groups is 2. The molecule has 2 aromatic carbocycles. The van der Waals surface area contributed by atoms with Gasteiger partial charge in [-0.1, -0.05) is 30.3 Å². The van der Waals surface area contributed by atoms with Gasteiger partial charge in [-0.3, -0.25) is 10.1 Å². The molecule has 1 saturated heterocycles. The van der Waals surface area contributed by atoms with Gasteiger partial charge in [-0.05, 0) is 55.6 Å². The lowest BCUT2D eigenvalue weighted by Gasteiger charge is -2.22. The molecule has 2 aromatic rings. The fourth-order valence-electron chi connectivity index (χ4n) is 3.71. The molecule has 1 aliphatic rings. The molecule has 3 rings (SSSR count). The van der Waals surface area contributed by atoms with E-state index in [0.717, 1.165) is 38.1 Å². The average molecular weight is 507 g/mol. The van der Waals surface area contributed by atoms with Crippen molar-refractivity contribution in [3.63, 3.8) is 0 Å². The summed E-state index contributed by atoms with van der Waals surface area (Å²) in [4.78, 5) is 29.3. The lowest BCUT2D eigenvalue weighted by molar-refractivity contribution is -0.137. The Balaban J connectivity index is 1.63. The van der Waals surface area contributed by atoms with Crippen LogP contribution in [0.15, 0.2) is 60.6 Å². The van der Waals surface area contributed by atoms with E-state index >= 15 is 0 Å². The van der Waals surface area contributed by atoms with Crippen LogP contribution < -0.4 is 32.5 Å². The van der Waals surface area contributed by atoms with Crippen LogP contribution in [0.3, 0.4) is 0 Å². The summed E-state index contributed by atoms with van der Waals surface area (Å²) in [7, 11) is 0. The maximum absolute atomic E-state index is 13.4. The lowest BCUT2D eigenvalue weighted by Crippen LogP contribution is -2.36. The number of hydrogen-bond donors (Lipinski definition) is 6. The summed E-state index contributed by atoms with van der Waals surface area (Å²) in [5.74, 6) is 4.98. The zero-order valence-electron chi connectivity index (χ0n) is 19.5. The second-order valence-corrected chi connectivity index (χ2v) is 8.33. The molecular weight excluding hydrogens is 477 g/mol. The van der Waals surface area contributed by atoms with E-state index in [1.54, 1.807) is 30.3 Å². The number of urea groups is 1. The van der Waals surface area contributed by atoms with E-state index in [0.29, 0.717) is 18.0 Å². The van der Waals surface area contributed by atoms with Crippen molar-refractivity contribution in [2.24, 2.45) is 11.8 Å². The van der Waals surface area contributed by atoms with Gasteiger partial charge >= 0.3 is 12.2 Å². The highest BCUT2D eigenvalue weighted by Gasteiger charge is 2.31. The van der Waals surface area contributed by atoms with Crippen LogP contribution in [0.2, 0.25) is 0 Å². The third-order valence-corrected chi connectivity index (χ3v) is 5.41. The molecule has 12 heteroatoms. The van der Waals surface area contributed by atoms with Gasteiger partial charge < -0.3 is 26.1 Å². The first-order valence-electron chi connectivity index (χ1n) is 11.4. The van der Waals surface area contributed by atoms with Gasteiger partial charge in [0, 0.05) is 17.9 Å². The first kappa shape index (κ1) is 26.8. The molecule has 0 spiro atoms. The number of anilines is 2. The molecule has 1 aliphatic heterocycles. The molecule has 0 aromatic heterocycles. The molecule has 0 aliphatic carbocycles. The molecule has 9 nitrogen and oxygen atoms in total. The summed E-state index contributed by atoms with van der Waals surface area (Å²) in [5.41, 5.74) is -0.636. The van der Waals surface area contributed by atoms with Crippen molar-refractivity contribution in [2.45, 2.75) is 25.4 Å². The lowest BCUT2D eigenvalue weighted by atomic mass is 10.00. The Labute approximate surface area is 206 Å². The van der Waals surface area contributed by atoms with Crippen molar-refractivity contribution < 1.29 is 27.6 Å². The molecule has 0 bridgehead atoms. The van der Waals surface area contributed by atoms with Gasteiger partial charge in [0.05, 0.1) is 18.2 Å². The Morgan fingerprint density at radius 2 is 1.83 bits per heavy atom. The summed E-state index contributed by atoms with van der Waals surface area (Å²) < 4.78 is 40.3. The van der Waals surface area contributed by atoms with E-state index in [1.807, 2.05) is 0 Å². The number of amides is 3. The van der Waals surface area contributed by atoms with Crippen LogP contribution in [0.1, 0.15) is 24.0 Å². The van der Waals surface area contributed by atoms with Crippen molar-refractivity contribution in [1.29, 1.82) is 0 Å². The quantitative estimate of drug-likeness (QED) is 0.229. The molecule has 1 heterocycles. The monoisotopic (exact) mass is 506 g/mol. The Bertz CT molecular complexity index is 1060. The van der Waals surface area contributed by atoms with Crippen LogP contribution in [0.5, 0.6) is 0 Å². The molecule has 194 valence electrons. The SMILES string of the molecule is NO/C(=C\NCC1CCCNC1)NC(=O)Nc1cc(NC(=O)Cc2ccccc2)cc(C(F)(F)F)c1. The van der Waals surface area contributed by atoms with Gasteiger partial charge in [0.15, 0.2) is 0 Å². The van der Waals surface area contributed by atoms with Crippen molar-refractivity contribution in [2.75, 3.05) is 30.3 Å². The largest absolute Gasteiger partial charge is 0.416 e. The predicted octanol–water partition coefficient (Wildman–Crippen LogP) is 3.29. The maximum atomic E-state index is 13.4. The number of nitrogens with two attached hydrogens (primary N) is 1. The van der Waals surface area contributed by atoms with Gasteiger partial charge in [0.2, 0.25) is 11.8 Å². The van der Waals surface area contributed by atoms with Gasteiger partial charge in [-0.2, -0.15) is 19.1 Å². The third-order valence-electron chi connectivity index (χ3n) is 5.41. The number of alkyl halides is 3. The molecule has 0 radical (unpaired) electrons. The van der Waals surface area contributed by atoms with Gasteiger partial charge in [0.25, 0.3) is 0 Å². The summed E-state index contributed by atoms with van der Waals surface area (Å²) in [6.45, 7) is 2.48. The highest BCUT2D eigenvalue weighted by Crippen LogP contribution is 2.33. The van der Waals surface area contributed by atoms with Gasteiger partial charge in [-0.25, -0.2) is 4.79 Å². The van der Waals surface area contributed by atoms with E-state index in [4.69, 9.17) is 5.90 Å². The zero-order valence-corrected chi connectivity index (χ0v) is 19.5. The maximum Gasteiger partial charge on any atom is 0.416 e. The number of benzene rings is 2. The average Bonchev–Trinajstić information content (AvgIpc) is 2.84. The fourth-order valence-corrected chi connectivity index (χ4v) is 3.71. The van der Waals surface area contributed by atoms with Crippen LogP contribution in [0, 0.1) is 5.92 Å². The van der Waals surface area contributed by atoms with E-state index in [2.05, 4.69) is 31.4 Å². The minimum absolute atomic E-state index is 0.0216. The Morgan fingerprint density at radius 1 is 1.11 bits per heavy atom. The van der Waals surface area contributed by atoms with E-state index in [9.17, 15) is 22.8 Å². The molecule has 1 unspecified atom stereocenters. The highest BCUT2D eigenvalue weighted by molar-refractivity contribution is 5.95. The van der Waals surface area contributed by atoms with Gasteiger partial charge in [0.1, 0.15) is 0 Å². The summed E-state index contributed by atoms with van der Waals surface area (Å²) in [5, 5.41) is 13.4. The molecule has 36 heavy (non-hydrogen) atoms. The molecule has 3 amide bonds. The number of piperidine rings is 1. The number of carbonyl (C=O) groups excluding carboxylic acids is 2. The van der Waals surface area contributed by atoms with E-state index in [-0.39, 0.29) is 23.7 Å². The number of nitrogens with one attached hydrogen (secondary N) is 5. The van der Waals surface area contributed by atoms with Crippen molar-refractivity contribution in [1.82, 2.24) is 16.0 Å². The van der Waals surface area contributed by atoms with Gasteiger partial charge in [-0.15, -0.1) is 0 Å². The minimum atomic E-state index is -4.70. The molecule has 1 atom stereocenters. The summed E-state index contributed by atoms with van der Waals surface area (Å²) >= 11 is 0. The first-order valence-corrected chi connectivity index (χ1v) is 11.4. The van der Waals surface area contributed by atoms with Crippen LogP contribution in [-0.4, -0.2) is 31.6 Å². The Hall–Kier alpha value is -3.77. The van der Waals surface area contributed by atoms with Crippen molar-refractivity contribution in [3.05, 3.63) is 71.7 Å². The third kappa shape index (κ3) is 8.78. The first-order chi connectivity index (χ1) is 17.2. The van der Waals surface area contributed by atoms with Crippen molar-refractivity contribution >= 4 is 23.3 Å². The molecule has 1 fully saturated rings. The highest BCUT2D eigenvalue weighted by atomic mass is 19.4. The van der Waals surface area contributed by atoms with Crippen LogP contribution >= 0.6 is 0 Å². The number of halogens is 3. The second kappa shape index (κ2) is 12.8. The van der Waals surface area contributed by atoms with Crippen LogP contribution in [0.25, 0.3) is 0 Å². The van der Waals surface area contributed by atoms with Crippen LogP contribution in [0.4, 0.5) is 29.3 Å².